The Labute approximate surface area is 146 Å². The van der Waals surface area contributed by atoms with Crippen LogP contribution in [0.5, 0.6) is 0 Å². The lowest BCUT2D eigenvalue weighted by molar-refractivity contribution is 0.306. The van der Waals surface area contributed by atoms with Crippen LogP contribution in [0.4, 0.5) is 0 Å². The monoisotopic (exact) mass is 418 g/mol. The van der Waals surface area contributed by atoms with Gasteiger partial charge in [-0.2, -0.15) is 0 Å². The molecule has 3 rings (SSSR count). The van der Waals surface area contributed by atoms with Gasteiger partial charge >= 0.3 is 0 Å². The van der Waals surface area contributed by atoms with E-state index in [4.69, 9.17) is 16.6 Å². The average molecular weight is 419 g/mol. The summed E-state index contributed by atoms with van der Waals surface area (Å²) in [6, 6.07) is 0. The number of rotatable bonds is 3. The van der Waals surface area contributed by atoms with E-state index in [0.717, 1.165) is 15.3 Å². The van der Waals surface area contributed by atoms with Crippen LogP contribution in [0.1, 0.15) is 88.1 Å². The van der Waals surface area contributed by atoms with Crippen LogP contribution in [-0.4, -0.2) is 9.97 Å². The summed E-state index contributed by atoms with van der Waals surface area (Å²) in [4.78, 5) is 9.65. The summed E-state index contributed by atoms with van der Waals surface area (Å²) in [5, 5.41) is 0.682. The first-order chi connectivity index (χ1) is 10.2. The van der Waals surface area contributed by atoms with Crippen molar-refractivity contribution >= 4 is 34.2 Å². The van der Waals surface area contributed by atoms with E-state index in [2.05, 4.69) is 34.5 Å². The lowest BCUT2D eigenvalue weighted by atomic mass is 9.80. The smallest absolute Gasteiger partial charge is 0.146 e. The molecule has 4 heteroatoms. The molecule has 0 aliphatic heterocycles. The van der Waals surface area contributed by atoms with Crippen molar-refractivity contribution in [3.8, 4) is 0 Å². The fraction of sp³-hybridized carbons (Fsp3) is 0.765. The molecule has 0 saturated heterocycles. The second-order valence-corrected chi connectivity index (χ2v) is 8.13. The van der Waals surface area contributed by atoms with Gasteiger partial charge in [0, 0.05) is 11.8 Å². The normalized spacial score (nSPS) is 27.2. The molecule has 0 aromatic carbocycles. The van der Waals surface area contributed by atoms with Gasteiger partial charge in [-0.15, -0.1) is 0 Å². The first-order valence-corrected chi connectivity index (χ1v) is 9.87. The summed E-state index contributed by atoms with van der Waals surface area (Å²) >= 11 is 8.76. The standard InChI is InChI=1S/C17H24ClIN2/c1-2-11-6-5-9-13(10-11)17-20-15(12-7-3-4-8-12)14(19)16(18)21-17/h11-13H,2-10H2,1H3. The van der Waals surface area contributed by atoms with Crippen LogP contribution >= 0.6 is 34.2 Å². The van der Waals surface area contributed by atoms with Crippen molar-refractivity contribution in [3.05, 3.63) is 20.2 Å². The van der Waals surface area contributed by atoms with E-state index < -0.39 is 0 Å². The third-order valence-electron chi connectivity index (χ3n) is 5.32. The average Bonchev–Trinajstić information content (AvgIpc) is 3.04. The minimum Gasteiger partial charge on any atom is -0.236 e. The quantitative estimate of drug-likeness (QED) is 0.439. The molecule has 0 spiro atoms. The minimum absolute atomic E-state index is 0.526. The summed E-state index contributed by atoms with van der Waals surface area (Å²) in [6.07, 6.45) is 11.7. The van der Waals surface area contributed by atoms with E-state index in [0.29, 0.717) is 17.0 Å². The van der Waals surface area contributed by atoms with E-state index in [1.54, 1.807) is 0 Å². The zero-order chi connectivity index (χ0) is 14.8. The van der Waals surface area contributed by atoms with Crippen molar-refractivity contribution in [2.75, 3.05) is 0 Å². The van der Waals surface area contributed by atoms with Gasteiger partial charge in [0.05, 0.1) is 9.26 Å². The highest BCUT2D eigenvalue weighted by Crippen LogP contribution is 2.40. The number of hydrogen-bond acceptors (Lipinski definition) is 2. The maximum absolute atomic E-state index is 6.43. The maximum Gasteiger partial charge on any atom is 0.146 e. The first kappa shape index (κ1) is 16.0. The molecule has 2 fully saturated rings. The third-order valence-corrected chi connectivity index (χ3v) is 6.98. The molecule has 2 aliphatic rings. The molecule has 0 N–H and O–H groups in total. The molecule has 21 heavy (non-hydrogen) atoms. The Kier molecular flexibility index (Phi) is 5.41. The van der Waals surface area contributed by atoms with E-state index in [-0.39, 0.29) is 0 Å². The van der Waals surface area contributed by atoms with Gasteiger partial charge in [0.25, 0.3) is 0 Å². The summed E-state index contributed by atoms with van der Waals surface area (Å²) in [5.74, 6) is 3.01. The lowest BCUT2D eigenvalue weighted by Crippen LogP contribution is -2.17. The van der Waals surface area contributed by atoms with Crippen LogP contribution in [0.25, 0.3) is 0 Å². The van der Waals surface area contributed by atoms with Gasteiger partial charge in [0.2, 0.25) is 0 Å². The highest BCUT2D eigenvalue weighted by Gasteiger charge is 2.28. The summed E-state index contributed by atoms with van der Waals surface area (Å²) < 4.78 is 1.09. The topological polar surface area (TPSA) is 25.8 Å². The predicted octanol–water partition coefficient (Wildman–Crippen LogP) is 6.08. The molecule has 2 unspecified atom stereocenters. The maximum atomic E-state index is 6.43. The Bertz CT molecular complexity index is 500. The Morgan fingerprint density at radius 2 is 1.76 bits per heavy atom. The molecular formula is C17H24ClIN2. The van der Waals surface area contributed by atoms with Crippen LogP contribution in [0, 0.1) is 9.49 Å². The molecule has 2 atom stereocenters. The third kappa shape index (κ3) is 3.54. The SMILES string of the molecule is CCC1CCCC(c2nc(Cl)c(I)c(C3CCCC3)n2)C1. The van der Waals surface area contributed by atoms with Crippen molar-refractivity contribution in [1.82, 2.24) is 9.97 Å². The zero-order valence-corrected chi connectivity index (χ0v) is 15.7. The summed E-state index contributed by atoms with van der Waals surface area (Å²) in [7, 11) is 0. The molecule has 0 amide bonds. The van der Waals surface area contributed by atoms with Gasteiger partial charge in [-0.3, -0.25) is 0 Å². The second kappa shape index (κ2) is 7.12. The number of aromatic nitrogens is 2. The van der Waals surface area contributed by atoms with Gasteiger partial charge < -0.3 is 0 Å². The lowest BCUT2D eigenvalue weighted by Gasteiger charge is -2.28. The van der Waals surface area contributed by atoms with E-state index in [1.165, 1.54) is 63.5 Å². The molecule has 1 aromatic rings. The molecular weight excluding hydrogens is 395 g/mol. The van der Waals surface area contributed by atoms with Gasteiger partial charge in [-0.25, -0.2) is 9.97 Å². The number of nitrogens with zero attached hydrogens (tertiary/aromatic N) is 2. The largest absolute Gasteiger partial charge is 0.236 e. The Morgan fingerprint density at radius 3 is 2.48 bits per heavy atom. The van der Waals surface area contributed by atoms with Crippen LogP contribution < -0.4 is 0 Å². The van der Waals surface area contributed by atoms with Crippen molar-refractivity contribution in [2.24, 2.45) is 5.92 Å². The number of hydrogen-bond donors (Lipinski definition) is 0. The van der Waals surface area contributed by atoms with Crippen molar-refractivity contribution in [1.29, 1.82) is 0 Å². The Balaban J connectivity index is 1.88. The van der Waals surface area contributed by atoms with Gasteiger partial charge in [0.1, 0.15) is 11.0 Å². The molecule has 2 nitrogen and oxygen atoms in total. The number of halogens is 2. The Morgan fingerprint density at radius 1 is 1.05 bits per heavy atom. The van der Waals surface area contributed by atoms with E-state index in [9.17, 15) is 0 Å². The first-order valence-electron chi connectivity index (χ1n) is 8.41. The van der Waals surface area contributed by atoms with Crippen molar-refractivity contribution in [3.63, 3.8) is 0 Å². The van der Waals surface area contributed by atoms with E-state index in [1.807, 2.05) is 0 Å². The summed E-state index contributed by atoms with van der Waals surface area (Å²) in [6.45, 7) is 2.30. The van der Waals surface area contributed by atoms with Crippen LogP contribution in [0.15, 0.2) is 0 Å². The molecule has 1 heterocycles. The van der Waals surface area contributed by atoms with Crippen LogP contribution in [0.3, 0.4) is 0 Å². The highest BCUT2D eigenvalue weighted by atomic mass is 127. The molecule has 0 bridgehead atoms. The molecule has 1 aromatic heterocycles. The highest BCUT2D eigenvalue weighted by molar-refractivity contribution is 14.1. The van der Waals surface area contributed by atoms with Crippen LogP contribution in [0.2, 0.25) is 5.15 Å². The fourth-order valence-corrected chi connectivity index (χ4v) is 4.87. The minimum atomic E-state index is 0.526. The van der Waals surface area contributed by atoms with Crippen molar-refractivity contribution in [2.45, 2.75) is 76.5 Å². The molecule has 0 radical (unpaired) electrons. The van der Waals surface area contributed by atoms with Gasteiger partial charge in [-0.05, 0) is 54.2 Å². The second-order valence-electron chi connectivity index (χ2n) is 6.69. The fourth-order valence-electron chi connectivity index (χ4n) is 4.00. The van der Waals surface area contributed by atoms with Crippen molar-refractivity contribution < 1.29 is 0 Å². The summed E-state index contributed by atoms with van der Waals surface area (Å²) in [5.41, 5.74) is 1.24. The molecule has 116 valence electrons. The zero-order valence-electron chi connectivity index (χ0n) is 12.7. The van der Waals surface area contributed by atoms with Gasteiger partial charge in [-0.1, -0.05) is 50.6 Å². The van der Waals surface area contributed by atoms with Crippen LogP contribution in [-0.2, 0) is 0 Å². The Hall–Kier alpha value is 0.1000. The predicted molar refractivity (Wildman–Crippen MR) is 96.0 cm³/mol. The van der Waals surface area contributed by atoms with E-state index >= 15 is 0 Å². The molecule has 2 aliphatic carbocycles. The van der Waals surface area contributed by atoms with Gasteiger partial charge in [0.15, 0.2) is 0 Å². The molecule has 2 saturated carbocycles.